The molecule has 0 radical (unpaired) electrons. The van der Waals surface area contributed by atoms with Gasteiger partial charge in [-0.15, -0.1) is 0 Å². The van der Waals surface area contributed by atoms with Gasteiger partial charge in [-0.25, -0.2) is 13.2 Å². The van der Waals surface area contributed by atoms with E-state index in [-0.39, 0.29) is 11.5 Å². The normalized spacial score (nSPS) is 20.2. The Morgan fingerprint density at radius 3 is 2.38 bits per heavy atom. The highest BCUT2D eigenvalue weighted by atomic mass is 35.5. The van der Waals surface area contributed by atoms with Crippen molar-refractivity contribution in [1.82, 2.24) is 10.6 Å². The molecule has 2 atom stereocenters. The van der Waals surface area contributed by atoms with E-state index in [1.54, 1.807) is 0 Å². The summed E-state index contributed by atoms with van der Waals surface area (Å²) in [6, 6.07) is 2.73. The van der Waals surface area contributed by atoms with Crippen molar-refractivity contribution in [2.24, 2.45) is 0 Å². The Hall–Kier alpha value is -1.51. The predicted molar refractivity (Wildman–Crippen MR) is 93.3 cm³/mol. The molecule has 2 rings (SSSR count). The van der Waals surface area contributed by atoms with E-state index in [0.29, 0.717) is 22.2 Å². The number of nitrogens with one attached hydrogen (secondary N) is 3. The smallest absolute Gasteiger partial charge is 0.315 e. The molecule has 1 saturated heterocycles. The van der Waals surface area contributed by atoms with E-state index in [2.05, 4.69) is 16.0 Å². The first-order chi connectivity index (χ1) is 11.1. The highest BCUT2D eigenvalue weighted by Crippen LogP contribution is 2.22. The molecule has 132 valence electrons. The maximum absolute atomic E-state index is 12.1. The average Bonchev–Trinajstić information content (AvgIpc) is 2.76. The summed E-state index contributed by atoms with van der Waals surface area (Å²) in [5.74, 6) is -0.478. The summed E-state index contributed by atoms with van der Waals surface area (Å²) in [5.41, 5.74) is 0.411. The zero-order valence-electron chi connectivity index (χ0n) is 12.8. The first-order valence-electron chi connectivity index (χ1n) is 7.19. The summed E-state index contributed by atoms with van der Waals surface area (Å²) in [5, 5.41) is 8.35. The van der Waals surface area contributed by atoms with Gasteiger partial charge < -0.3 is 16.0 Å². The minimum absolute atomic E-state index is 0.0590. The molecule has 0 spiro atoms. The van der Waals surface area contributed by atoms with Gasteiger partial charge >= 0.3 is 6.03 Å². The van der Waals surface area contributed by atoms with Crippen LogP contribution in [0.1, 0.15) is 13.3 Å². The second kappa shape index (κ2) is 7.58. The molecule has 1 heterocycles. The monoisotopic (exact) mass is 393 g/mol. The van der Waals surface area contributed by atoms with Gasteiger partial charge in [-0.2, -0.15) is 0 Å². The second-order valence-electron chi connectivity index (χ2n) is 5.59. The number of benzene rings is 1. The van der Waals surface area contributed by atoms with Crippen molar-refractivity contribution < 1.29 is 18.0 Å². The number of amides is 3. The topological polar surface area (TPSA) is 104 Å². The number of carbonyl (C=O) groups is 2. The summed E-state index contributed by atoms with van der Waals surface area (Å²) in [6.07, 6.45) is 0.372. The van der Waals surface area contributed by atoms with Gasteiger partial charge in [0.25, 0.3) is 0 Å². The third-order valence-corrected chi connectivity index (χ3v) is 5.64. The van der Waals surface area contributed by atoms with Crippen LogP contribution in [0.3, 0.4) is 0 Å². The molecule has 1 unspecified atom stereocenters. The van der Waals surface area contributed by atoms with Crippen molar-refractivity contribution in [1.29, 1.82) is 0 Å². The molecule has 1 aliphatic heterocycles. The molecular formula is C14H17Cl2N3O4S. The lowest BCUT2D eigenvalue weighted by atomic mass is 10.2. The molecule has 0 bridgehead atoms. The van der Waals surface area contributed by atoms with E-state index in [1.165, 1.54) is 25.1 Å². The molecule has 1 aromatic carbocycles. The Balaban J connectivity index is 1.85. The van der Waals surface area contributed by atoms with Crippen molar-refractivity contribution in [2.45, 2.75) is 25.4 Å². The Labute approximate surface area is 150 Å². The van der Waals surface area contributed by atoms with E-state index in [1.807, 2.05) is 0 Å². The molecule has 0 saturated carbocycles. The number of halogens is 2. The van der Waals surface area contributed by atoms with Gasteiger partial charge in [0.2, 0.25) is 5.91 Å². The quantitative estimate of drug-likeness (QED) is 0.725. The van der Waals surface area contributed by atoms with Gasteiger partial charge in [-0.05, 0) is 31.5 Å². The van der Waals surface area contributed by atoms with Gasteiger partial charge in [0.05, 0.1) is 11.5 Å². The standard InChI is InChI=1S/C14H17Cl2N3O4S/c1-8(13(20)18-12-5-9(15)4-10(16)6-12)17-14(21)19-11-2-3-24(22,23)7-11/h4-6,8,11H,2-3,7H2,1H3,(H,18,20)(H2,17,19,21)/t8-,11?/m1/s1. The SMILES string of the molecule is C[C@@H](NC(=O)NC1CCS(=O)(=O)C1)C(=O)Nc1cc(Cl)cc(Cl)c1. The third kappa shape index (κ3) is 5.54. The predicted octanol–water partition coefficient (Wildman–Crippen LogP) is 1.81. The van der Waals surface area contributed by atoms with E-state index >= 15 is 0 Å². The van der Waals surface area contributed by atoms with Crippen LogP contribution in [-0.4, -0.2) is 43.9 Å². The Morgan fingerprint density at radius 2 is 1.83 bits per heavy atom. The van der Waals surface area contributed by atoms with Crippen molar-refractivity contribution in [3.63, 3.8) is 0 Å². The Morgan fingerprint density at radius 1 is 1.21 bits per heavy atom. The van der Waals surface area contributed by atoms with Gasteiger partial charge in [0.1, 0.15) is 6.04 Å². The number of carbonyl (C=O) groups excluding carboxylic acids is 2. The van der Waals surface area contributed by atoms with Crippen molar-refractivity contribution >= 4 is 50.7 Å². The molecule has 1 fully saturated rings. The largest absolute Gasteiger partial charge is 0.334 e. The van der Waals surface area contributed by atoms with E-state index < -0.39 is 33.9 Å². The number of hydrogen-bond donors (Lipinski definition) is 3. The lowest BCUT2D eigenvalue weighted by molar-refractivity contribution is -0.117. The molecule has 0 aliphatic carbocycles. The number of anilines is 1. The van der Waals surface area contributed by atoms with Crippen LogP contribution in [0.2, 0.25) is 10.0 Å². The van der Waals surface area contributed by atoms with Crippen LogP contribution in [0.25, 0.3) is 0 Å². The van der Waals surface area contributed by atoms with E-state index in [4.69, 9.17) is 23.2 Å². The lowest BCUT2D eigenvalue weighted by Crippen LogP contribution is -2.49. The average molecular weight is 394 g/mol. The zero-order chi connectivity index (χ0) is 17.9. The number of rotatable bonds is 4. The maximum atomic E-state index is 12.1. The fourth-order valence-electron chi connectivity index (χ4n) is 2.27. The molecule has 3 N–H and O–H groups in total. The van der Waals surface area contributed by atoms with E-state index in [0.717, 1.165) is 0 Å². The van der Waals surface area contributed by atoms with Crippen LogP contribution in [0.4, 0.5) is 10.5 Å². The molecule has 3 amide bonds. The van der Waals surface area contributed by atoms with Gasteiger partial charge in [0, 0.05) is 21.8 Å². The fraction of sp³-hybridized carbons (Fsp3) is 0.429. The van der Waals surface area contributed by atoms with Crippen LogP contribution in [0, 0.1) is 0 Å². The van der Waals surface area contributed by atoms with Crippen molar-refractivity contribution in [2.75, 3.05) is 16.8 Å². The van der Waals surface area contributed by atoms with Crippen molar-refractivity contribution in [3.05, 3.63) is 28.2 Å². The first kappa shape index (κ1) is 18.8. The number of sulfone groups is 1. The summed E-state index contributed by atoms with van der Waals surface area (Å²) >= 11 is 11.7. The molecule has 24 heavy (non-hydrogen) atoms. The summed E-state index contributed by atoms with van der Waals surface area (Å²) in [4.78, 5) is 23.9. The van der Waals surface area contributed by atoms with Crippen LogP contribution >= 0.6 is 23.2 Å². The second-order valence-corrected chi connectivity index (χ2v) is 8.69. The zero-order valence-corrected chi connectivity index (χ0v) is 15.1. The highest BCUT2D eigenvalue weighted by molar-refractivity contribution is 7.91. The molecule has 7 nitrogen and oxygen atoms in total. The fourth-order valence-corrected chi connectivity index (χ4v) is 4.47. The lowest BCUT2D eigenvalue weighted by Gasteiger charge is -2.17. The van der Waals surface area contributed by atoms with Crippen LogP contribution in [0.5, 0.6) is 0 Å². The summed E-state index contributed by atoms with van der Waals surface area (Å²) in [7, 11) is -3.08. The highest BCUT2D eigenvalue weighted by Gasteiger charge is 2.29. The van der Waals surface area contributed by atoms with Gasteiger partial charge in [-0.1, -0.05) is 23.2 Å². The van der Waals surface area contributed by atoms with Gasteiger partial charge in [-0.3, -0.25) is 4.79 Å². The molecule has 1 aromatic rings. The Kier molecular flexibility index (Phi) is 5.95. The third-order valence-electron chi connectivity index (χ3n) is 3.44. The molecule has 10 heteroatoms. The van der Waals surface area contributed by atoms with Crippen LogP contribution in [-0.2, 0) is 14.6 Å². The number of hydrogen-bond acceptors (Lipinski definition) is 4. The van der Waals surface area contributed by atoms with Gasteiger partial charge in [0.15, 0.2) is 9.84 Å². The van der Waals surface area contributed by atoms with E-state index in [9.17, 15) is 18.0 Å². The van der Waals surface area contributed by atoms with Crippen LogP contribution < -0.4 is 16.0 Å². The minimum atomic E-state index is -3.08. The maximum Gasteiger partial charge on any atom is 0.315 e. The Bertz CT molecular complexity index is 734. The van der Waals surface area contributed by atoms with Crippen LogP contribution in [0.15, 0.2) is 18.2 Å². The molecule has 1 aliphatic rings. The first-order valence-corrected chi connectivity index (χ1v) is 9.77. The van der Waals surface area contributed by atoms with Crippen molar-refractivity contribution in [3.8, 4) is 0 Å². The number of urea groups is 1. The summed E-state index contributed by atoms with van der Waals surface area (Å²) in [6.45, 7) is 1.51. The molecular weight excluding hydrogens is 377 g/mol. The minimum Gasteiger partial charge on any atom is -0.334 e. The summed E-state index contributed by atoms with van der Waals surface area (Å²) < 4.78 is 22.7. The molecule has 0 aromatic heterocycles.